The predicted molar refractivity (Wildman–Crippen MR) is 126 cm³/mol. The van der Waals surface area contributed by atoms with Crippen molar-refractivity contribution in [2.75, 3.05) is 4.31 Å². The van der Waals surface area contributed by atoms with Crippen molar-refractivity contribution >= 4 is 15.7 Å². The maximum atomic E-state index is 13.9. The number of nitrogens with zero attached hydrogens (tertiary/aromatic N) is 3. The molecule has 1 atom stereocenters. The fourth-order valence-electron chi connectivity index (χ4n) is 5.12. The van der Waals surface area contributed by atoms with Crippen LogP contribution < -0.4 is 9.86 Å². The van der Waals surface area contributed by atoms with Crippen molar-refractivity contribution in [3.8, 4) is 11.3 Å². The zero-order valence-corrected chi connectivity index (χ0v) is 19.4. The van der Waals surface area contributed by atoms with Crippen LogP contribution in [0.5, 0.6) is 0 Å². The summed E-state index contributed by atoms with van der Waals surface area (Å²) in [5.74, 6) is 0. The Labute approximate surface area is 188 Å². The average molecular weight is 450 g/mol. The summed E-state index contributed by atoms with van der Waals surface area (Å²) >= 11 is 0. The van der Waals surface area contributed by atoms with Crippen LogP contribution in [0.3, 0.4) is 0 Å². The second kappa shape index (κ2) is 7.59. The van der Waals surface area contributed by atoms with Gasteiger partial charge in [0.1, 0.15) is 0 Å². The van der Waals surface area contributed by atoms with Crippen LogP contribution in [0.2, 0.25) is 0 Å². The highest BCUT2D eigenvalue weighted by Crippen LogP contribution is 2.38. The van der Waals surface area contributed by atoms with Crippen LogP contribution in [-0.4, -0.2) is 24.2 Å². The van der Waals surface area contributed by atoms with E-state index in [1.807, 2.05) is 50.2 Å². The zero-order valence-electron chi connectivity index (χ0n) is 18.6. The Morgan fingerprint density at radius 3 is 2.53 bits per heavy atom. The number of para-hydroxylation sites is 1. The molecule has 0 radical (unpaired) electrons. The Hall–Kier alpha value is -2.93. The molecule has 0 amide bonds. The fourth-order valence-corrected chi connectivity index (χ4v) is 7.07. The van der Waals surface area contributed by atoms with E-state index in [0.29, 0.717) is 22.6 Å². The molecule has 1 aliphatic heterocycles. The lowest BCUT2D eigenvalue weighted by Gasteiger charge is -2.26. The summed E-state index contributed by atoms with van der Waals surface area (Å²) in [6.07, 6.45) is 4.24. The molecule has 166 valence electrons. The molecule has 5 rings (SSSR count). The van der Waals surface area contributed by atoms with Gasteiger partial charge in [0.2, 0.25) is 0 Å². The van der Waals surface area contributed by atoms with Gasteiger partial charge in [-0.25, -0.2) is 13.1 Å². The lowest BCUT2D eigenvalue weighted by molar-refractivity contribution is 0.583. The van der Waals surface area contributed by atoms with E-state index in [-0.39, 0.29) is 11.6 Å². The minimum absolute atomic E-state index is 0.0501. The molecule has 0 saturated carbocycles. The van der Waals surface area contributed by atoms with Crippen LogP contribution in [0.25, 0.3) is 11.3 Å². The van der Waals surface area contributed by atoms with Gasteiger partial charge in [-0.1, -0.05) is 30.3 Å². The number of anilines is 1. The lowest BCUT2D eigenvalue weighted by atomic mass is 9.89. The molecule has 7 heteroatoms. The molecule has 0 bridgehead atoms. The molecular weight excluding hydrogens is 422 g/mol. The van der Waals surface area contributed by atoms with Crippen molar-refractivity contribution in [1.29, 1.82) is 0 Å². The summed E-state index contributed by atoms with van der Waals surface area (Å²) in [5.41, 5.74) is 5.68. The minimum Gasteiger partial charge on any atom is -0.268 e. The van der Waals surface area contributed by atoms with Gasteiger partial charge in [-0.3, -0.25) is 9.10 Å². The van der Waals surface area contributed by atoms with Crippen molar-refractivity contribution in [3.63, 3.8) is 0 Å². The molecule has 0 N–H and O–H groups in total. The van der Waals surface area contributed by atoms with Crippen LogP contribution in [0, 0.1) is 6.92 Å². The highest BCUT2D eigenvalue weighted by Gasteiger charge is 2.37. The highest BCUT2D eigenvalue weighted by molar-refractivity contribution is 7.93. The number of sulfonamides is 1. The number of hydrogen-bond acceptors (Lipinski definition) is 4. The standard InChI is InChI=1S/C25H27N3O3S/c1-16-12-13-19(24-20-9-5-6-10-21(20)25(29)27(3)26-24)15-23(16)32(30,31)28-17(2)14-18-8-4-7-11-22(18)28/h4,7-8,11-13,15,17H,5-6,9-10,14H2,1-3H3/t17-/m1/s1. The number of rotatable bonds is 3. The van der Waals surface area contributed by atoms with E-state index < -0.39 is 10.0 Å². The Bertz CT molecular complexity index is 1390. The molecule has 2 aromatic carbocycles. The summed E-state index contributed by atoms with van der Waals surface area (Å²) in [5, 5.41) is 4.55. The van der Waals surface area contributed by atoms with Gasteiger partial charge in [-0.15, -0.1) is 0 Å². The van der Waals surface area contributed by atoms with Crippen molar-refractivity contribution in [2.24, 2.45) is 7.05 Å². The van der Waals surface area contributed by atoms with E-state index in [1.165, 1.54) is 4.68 Å². The van der Waals surface area contributed by atoms with Crippen LogP contribution in [0.1, 0.15) is 42.0 Å². The zero-order chi connectivity index (χ0) is 22.6. The molecule has 1 aromatic heterocycles. The number of benzene rings is 2. The normalized spacial score (nSPS) is 17.8. The third-order valence-corrected chi connectivity index (χ3v) is 8.77. The first-order valence-electron chi connectivity index (χ1n) is 11.1. The number of hydrogen-bond donors (Lipinski definition) is 0. The van der Waals surface area contributed by atoms with Gasteiger partial charge < -0.3 is 0 Å². The summed E-state index contributed by atoms with van der Waals surface area (Å²) in [7, 11) is -2.10. The Morgan fingerprint density at radius 2 is 1.75 bits per heavy atom. The maximum absolute atomic E-state index is 13.9. The first kappa shape index (κ1) is 20.9. The van der Waals surface area contributed by atoms with E-state index in [4.69, 9.17) is 0 Å². The predicted octanol–water partition coefficient (Wildman–Crippen LogP) is 3.77. The second-order valence-electron chi connectivity index (χ2n) is 8.90. The van der Waals surface area contributed by atoms with Crippen LogP contribution in [-0.2, 0) is 36.3 Å². The SMILES string of the molecule is Cc1ccc(-c2nn(C)c(=O)c3c2CCCC3)cc1S(=O)(=O)N1c2ccccc2C[C@H]1C. The van der Waals surface area contributed by atoms with Gasteiger partial charge in [-0.2, -0.15) is 5.10 Å². The molecule has 2 aliphatic rings. The highest BCUT2D eigenvalue weighted by atomic mass is 32.2. The quantitative estimate of drug-likeness (QED) is 0.610. The van der Waals surface area contributed by atoms with Gasteiger partial charge in [0.25, 0.3) is 15.6 Å². The van der Waals surface area contributed by atoms with Crippen LogP contribution in [0.15, 0.2) is 52.2 Å². The topological polar surface area (TPSA) is 72.3 Å². The molecule has 0 saturated heterocycles. The van der Waals surface area contributed by atoms with E-state index in [2.05, 4.69) is 5.10 Å². The van der Waals surface area contributed by atoms with Crippen molar-refractivity contribution < 1.29 is 8.42 Å². The van der Waals surface area contributed by atoms with Gasteiger partial charge in [0, 0.05) is 24.2 Å². The molecule has 0 fully saturated rings. The van der Waals surface area contributed by atoms with Crippen molar-refractivity contribution in [2.45, 2.75) is 56.9 Å². The van der Waals surface area contributed by atoms with E-state index in [1.54, 1.807) is 17.4 Å². The van der Waals surface area contributed by atoms with E-state index in [0.717, 1.165) is 53.6 Å². The number of aryl methyl sites for hydroxylation is 2. The monoisotopic (exact) mass is 449 g/mol. The third kappa shape index (κ3) is 3.18. The lowest BCUT2D eigenvalue weighted by Crippen LogP contribution is -2.36. The number of aromatic nitrogens is 2. The fraction of sp³-hybridized carbons (Fsp3) is 0.360. The molecule has 2 heterocycles. The smallest absolute Gasteiger partial charge is 0.268 e. The van der Waals surface area contributed by atoms with E-state index in [9.17, 15) is 13.2 Å². The summed E-state index contributed by atoms with van der Waals surface area (Å²) in [6, 6.07) is 13.0. The van der Waals surface area contributed by atoms with Gasteiger partial charge in [0.05, 0.1) is 16.3 Å². The Kier molecular flexibility index (Phi) is 4.97. The molecule has 0 unspecified atom stereocenters. The van der Waals surface area contributed by atoms with Gasteiger partial charge in [0.15, 0.2) is 0 Å². The third-order valence-electron chi connectivity index (χ3n) is 6.70. The molecule has 0 spiro atoms. The van der Waals surface area contributed by atoms with Crippen molar-refractivity contribution in [3.05, 3.63) is 75.1 Å². The molecule has 32 heavy (non-hydrogen) atoms. The molecule has 1 aliphatic carbocycles. The Morgan fingerprint density at radius 1 is 1.03 bits per heavy atom. The summed E-state index contributed by atoms with van der Waals surface area (Å²) < 4.78 is 30.7. The Balaban J connectivity index is 1.67. The second-order valence-corrected chi connectivity index (χ2v) is 10.7. The maximum Gasteiger partial charge on any atom is 0.269 e. The summed E-state index contributed by atoms with van der Waals surface area (Å²) in [4.78, 5) is 12.9. The van der Waals surface area contributed by atoms with Crippen molar-refractivity contribution in [1.82, 2.24) is 9.78 Å². The van der Waals surface area contributed by atoms with Gasteiger partial charge >= 0.3 is 0 Å². The molecular formula is C25H27N3O3S. The summed E-state index contributed by atoms with van der Waals surface area (Å²) in [6.45, 7) is 3.77. The van der Waals surface area contributed by atoms with Crippen LogP contribution in [0.4, 0.5) is 5.69 Å². The van der Waals surface area contributed by atoms with Crippen LogP contribution >= 0.6 is 0 Å². The molecule has 6 nitrogen and oxygen atoms in total. The first-order valence-corrected chi connectivity index (χ1v) is 12.6. The minimum atomic E-state index is -3.77. The molecule has 3 aromatic rings. The largest absolute Gasteiger partial charge is 0.269 e. The average Bonchev–Trinajstić information content (AvgIpc) is 3.13. The number of fused-ring (bicyclic) bond motifs is 2. The van der Waals surface area contributed by atoms with E-state index >= 15 is 0 Å². The first-order chi connectivity index (χ1) is 15.3. The van der Waals surface area contributed by atoms with Gasteiger partial charge in [-0.05, 0) is 74.8 Å².